The van der Waals surface area contributed by atoms with E-state index in [4.69, 9.17) is 28.4 Å². The molecule has 0 radical (unpaired) electrons. The van der Waals surface area contributed by atoms with E-state index in [1.165, 1.54) is 5.57 Å². The Kier molecular flexibility index (Phi) is 12.4. The average molecular weight is 803 g/mol. The third-order valence-corrected chi connectivity index (χ3v) is 15.1. The maximum absolute atomic E-state index is 14.8. The minimum absolute atomic E-state index is 0.0564. The molecule has 3 aliphatic heterocycles. The number of carbonyl (C=O) groups is 1. The van der Waals surface area contributed by atoms with Gasteiger partial charge in [-0.3, -0.25) is 4.79 Å². The van der Waals surface area contributed by atoms with Crippen LogP contribution in [0, 0.1) is 34.0 Å². The molecule has 21 atom stereocenters. The van der Waals surface area contributed by atoms with Crippen LogP contribution in [0.2, 0.25) is 0 Å². The Morgan fingerprint density at radius 2 is 1.29 bits per heavy atom. The lowest BCUT2D eigenvalue weighted by Crippen LogP contribution is -2.67. The predicted octanol–water partition coefficient (Wildman–Crippen LogP) is -1.66. The average Bonchev–Trinajstić information content (AvgIpc) is 3.40. The maximum Gasteiger partial charge on any atom is 0.314 e. The minimum atomic E-state index is -1.94. The van der Waals surface area contributed by atoms with Gasteiger partial charge in [0.25, 0.3) is 0 Å². The van der Waals surface area contributed by atoms with E-state index in [1.807, 2.05) is 6.92 Å². The molecule has 3 heterocycles. The van der Waals surface area contributed by atoms with E-state index in [9.17, 15) is 55.9 Å². The first-order valence-corrected chi connectivity index (χ1v) is 20.3. The van der Waals surface area contributed by atoms with Crippen LogP contribution in [-0.2, 0) is 33.2 Å². The fourth-order valence-electron chi connectivity index (χ4n) is 12.2. The van der Waals surface area contributed by atoms with Crippen LogP contribution in [0.1, 0.15) is 78.1 Å². The number of hydrogen-bond donors (Lipinski definition) is 10. The Labute approximate surface area is 326 Å². The summed E-state index contributed by atoms with van der Waals surface area (Å²) in [4.78, 5) is 14.8. The molecule has 3 saturated heterocycles. The quantitative estimate of drug-likeness (QED) is 0.0874. The molecule has 7 aliphatic rings. The fraction of sp³-hybridized carbons (Fsp3) is 0.923. The van der Waals surface area contributed by atoms with Crippen molar-refractivity contribution in [3.8, 4) is 0 Å². The van der Waals surface area contributed by atoms with Crippen LogP contribution in [0.4, 0.5) is 0 Å². The van der Waals surface area contributed by atoms with E-state index in [2.05, 4.69) is 13.5 Å². The van der Waals surface area contributed by atoms with Gasteiger partial charge >= 0.3 is 5.97 Å². The number of esters is 1. The summed E-state index contributed by atoms with van der Waals surface area (Å²) in [5.74, 6) is 0.277. The molecular weight excluding hydrogens is 740 g/mol. The Bertz CT molecular complexity index is 1420. The largest absolute Gasteiger partial charge is 0.432 e. The third-order valence-electron chi connectivity index (χ3n) is 15.1. The molecule has 7 fully saturated rings. The Balaban J connectivity index is 1.20. The highest BCUT2D eigenvalue weighted by Crippen LogP contribution is 2.72. The molecule has 0 aromatic rings. The van der Waals surface area contributed by atoms with Crippen molar-refractivity contribution >= 4 is 5.97 Å². The standard InChI is InChI=1S/C39H62O17/c1-17-13-39-11-7-22-37(2,23(39)6-5-18(17)14-39)9-4-10-38(22,3)36(50)56-35-32(55-34-30(49)28(47)25(44)20(15-41)52-34)31(26(45)21(16-42)53-35)54-33-29(48)27(46)24(43)19(51-33)8-12-40/h18-35,40-49H,1,4-16H2,2-3H3/t18-,19-,20-,21-,22+,23+,24-,25-,26-,27+,28+,29-,30-,31+,32-,33+,34+,35+,37-,38-,39-/m1/s1. The molecule has 4 aliphatic carbocycles. The van der Waals surface area contributed by atoms with E-state index in [-0.39, 0.29) is 23.2 Å². The molecule has 0 unspecified atom stereocenters. The smallest absolute Gasteiger partial charge is 0.314 e. The summed E-state index contributed by atoms with van der Waals surface area (Å²) < 4.78 is 35.8. The summed E-state index contributed by atoms with van der Waals surface area (Å²) in [7, 11) is 0. The van der Waals surface area contributed by atoms with Crippen LogP contribution in [0.25, 0.3) is 0 Å². The fourth-order valence-corrected chi connectivity index (χ4v) is 12.2. The zero-order valence-corrected chi connectivity index (χ0v) is 32.1. The van der Waals surface area contributed by atoms with Gasteiger partial charge in [0.15, 0.2) is 18.7 Å². The van der Waals surface area contributed by atoms with Crippen molar-refractivity contribution in [3.63, 3.8) is 0 Å². The first-order chi connectivity index (χ1) is 26.5. The van der Waals surface area contributed by atoms with Crippen LogP contribution >= 0.6 is 0 Å². The Morgan fingerprint density at radius 1 is 0.696 bits per heavy atom. The summed E-state index contributed by atoms with van der Waals surface area (Å²) in [5.41, 5.74) is 0.343. The van der Waals surface area contributed by atoms with Gasteiger partial charge in [-0.15, -0.1) is 0 Å². The molecule has 7 rings (SSSR count). The monoisotopic (exact) mass is 802 g/mol. The number of aliphatic hydroxyl groups excluding tert-OH is 10. The van der Waals surface area contributed by atoms with Crippen LogP contribution in [0.3, 0.4) is 0 Å². The van der Waals surface area contributed by atoms with E-state index in [0.29, 0.717) is 18.3 Å². The van der Waals surface area contributed by atoms with Gasteiger partial charge in [-0.25, -0.2) is 0 Å². The van der Waals surface area contributed by atoms with E-state index in [1.54, 1.807) is 0 Å². The highest BCUT2D eigenvalue weighted by Gasteiger charge is 2.66. The number of aliphatic hydroxyl groups is 10. The molecule has 0 aromatic heterocycles. The van der Waals surface area contributed by atoms with Gasteiger partial charge in [-0.2, -0.15) is 0 Å². The first kappa shape index (κ1) is 42.7. The van der Waals surface area contributed by atoms with Crippen molar-refractivity contribution < 1.29 is 84.3 Å². The summed E-state index contributed by atoms with van der Waals surface area (Å²) in [6.07, 6.45) is -17.5. The van der Waals surface area contributed by atoms with Gasteiger partial charge in [0.1, 0.15) is 61.0 Å². The van der Waals surface area contributed by atoms with Crippen molar-refractivity contribution in [2.24, 2.45) is 34.0 Å². The van der Waals surface area contributed by atoms with Crippen LogP contribution in [0.15, 0.2) is 12.2 Å². The Hall–Kier alpha value is -1.39. The second kappa shape index (κ2) is 16.2. The number of allylic oxidation sites excluding steroid dienone is 1. The zero-order chi connectivity index (χ0) is 40.5. The van der Waals surface area contributed by atoms with E-state index < -0.39 is 123 Å². The molecule has 320 valence electrons. The van der Waals surface area contributed by atoms with Crippen LogP contribution in [-0.4, -0.2) is 169 Å². The third kappa shape index (κ3) is 7.09. The summed E-state index contributed by atoms with van der Waals surface area (Å²) in [6.45, 7) is 6.58. The van der Waals surface area contributed by atoms with Gasteiger partial charge in [0.2, 0.25) is 6.29 Å². The van der Waals surface area contributed by atoms with Crippen molar-refractivity contribution in [1.82, 2.24) is 0 Å². The van der Waals surface area contributed by atoms with Crippen molar-refractivity contribution in [3.05, 3.63) is 12.2 Å². The van der Waals surface area contributed by atoms with Gasteiger partial charge < -0.3 is 79.5 Å². The summed E-state index contributed by atoms with van der Waals surface area (Å²) in [5, 5.41) is 105. The minimum Gasteiger partial charge on any atom is -0.432 e. The van der Waals surface area contributed by atoms with Gasteiger partial charge in [0.05, 0.1) is 24.7 Å². The van der Waals surface area contributed by atoms with Crippen LogP contribution < -0.4 is 0 Å². The summed E-state index contributed by atoms with van der Waals surface area (Å²) >= 11 is 0. The van der Waals surface area contributed by atoms with Crippen molar-refractivity contribution in [2.75, 3.05) is 19.8 Å². The van der Waals surface area contributed by atoms with Crippen LogP contribution in [0.5, 0.6) is 0 Å². The number of ether oxygens (including phenoxy) is 6. The molecular formula is C39H62O17. The zero-order valence-electron chi connectivity index (χ0n) is 32.1. The topological polar surface area (TPSA) is 275 Å². The Morgan fingerprint density at radius 3 is 1.93 bits per heavy atom. The first-order valence-electron chi connectivity index (χ1n) is 20.3. The van der Waals surface area contributed by atoms with E-state index in [0.717, 1.165) is 51.4 Å². The number of fused-ring (bicyclic) bond motifs is 3. The molecule has 10 N–H and O–H groups in total. The van der Waals surface area contributed by atoms with Gasteiger partial charge in [-0.05, 0) is 93.3 Å². The second-order valence-electron chi connectivity index (χ2n) is 18.1. The summed E-state index contributed by atoms with van der Waals surface area (Å²) in [6, 6.07) is 0. The SMILES string of the molecule is C=C1C[C@@]23CC[C@H]4[C@@](C)(CCC[C@@]4(C)C(=O)O[C@@H]4O[C@H](CO)[C@@H](O)[C@H](O[C@@H]5O[C@H](CCO)[C@@H](O)[C@H](O)[C@H]5O)[C@H]4O[C@@H]4O[C@H](CO)[C@@H](O)[C@H](O)[C@H]4O)[C@@H]2CC[C@@H]1C3. The van der Waals surface area contributed by atoms with Gasteiger partial charge in [0, 0.05) is 6.61 Å². The molecule has 4 saturated carbocycles. The normalized spacial score (nSPS) is 53.2. The maximum atomic E-state index is 14.8. The highest BCUT2D eigenvalue weighted by molar-refractivity contribution is 5.77. The lowest BCUT2D eigenvalue weighted by atomic mass is 9.41. The highest BCUT2D eigenvalue weighted by atomic mass is 16.8. The van der Waals surface area contributed by atoms with Gasteiger partial charge in [-0.1, -0.05) is 25.5 Å². The number of carbonyl (C=O) groups excluding carboxylic acids is 1. The molecule has 17 heteroatoms. The molecule has 1 spiro atoms. The second-order valence-corrected chi connectivity index (χ2v) is 18.1. The lowest BCUT2D eigenvalue weighted by Gasteiger charge is -2.63. The van der Waals surface area contributed by atoms with Crippen molar-refractivity contribution in [2.45, 2.75) is 170 Å². The molecule has 56 heavy (non-hydrogen) atoms. The molecule has 0 aromatic carbocycles. The predicted molar refractivity (Wildman–Crippen MR) is 190 cm³/mol. The molecule has 0 amide bonds. The van der Waals surface area contributed by atoms with E-state index >= 15 is 0 Å². The molecule has 17 nitrogen and oxygen atoms in total. The lowest BCUT2D eigenvalue weighted by molar-refractivity contribution is -0.388. The number of hydrogen-bond acceptors (Lipinski definition) is 17. The molecule has 2 bridgehead atoms. The number of rotatable bonds is 10. The van der Waals surface area contributed by atoms with Crippen molar-refractivity contribution in [1.29, 1.82) is 0 Å².